The van der Waals surface area contributed by atoms with Gasteiger partial charge in [-0.3, -0.25) is 14.4 Å². The standard InChI is InChI=1S/C19H23N3O3S/c1-12-9-10-15(26-12)18(25)20-11-16(23)21-14-8-6-5-7-13(14)17(24)22-19(2,3)4/h5-10H,11H2,1-4H3,(H,20,25)(H,21,23)(H,22,24). The second-order valence-corrected chi connectivity index (χ2v) is 8.18. The lowest BCUT2D eigenvalue weighted by Crippen LogP contribution is -2.41. The normalized spacial score (nSPS) is 10.9. The molecule has 0 atom stereocenters. The van der Waals surface area contributed by atoms with Crippen LogP contribution in [0.2, 0.25) is 0 Å². The number of nitrogens with one attached hydrogen (secondary N) is 3. The van der Waals surface area contributed by atoms with Crippen molar-refractivity contribution in [1.29, 1.82) is 0 Å². The van der Waals surface area contributed by atoms with Gasteiger partial charge < -0.3 is 16.0 Å². The van der Waals surface area contributed by atoms with Gasteiger partial charge in [-0.2, -0.15) is 0 Å². The molecule has 1 heterocycles. The summed E-state index contributed by atoms with van der Waals surface area (Å²) >= 11 is 1.37. The van der Waals surface area contributed by atoms with Crippen LogP contribution >= 0.6 is 11.3 Å². The molecule has 138 valence electrons. The third-order valence-corrected chi connectivity index (χ3v) is 4.31. The Hall–Kier alpha value is -2.67. The summed E-state index contributed by atoms with van der Waals surface area (Å²) in [7, 11) is 0. The highest BCUT2D eigenvalue weighted by molar-refractivity contribution is 7.13. The molecule has 1 aromatic carbocycles. The topological polar surface area (TPSA) is 87.3 Å². The number of para-hydroxylation sites is 1. The van der Waals surface area contributed by atoms with Crippen molar-refractivity contribution in [3.63, 3.8) is 0 Å². The van der Waals surface area contributed by atoms with Crippen LogP contribution in [0.25, 0.3) is 0 Å². The molecule has 0 bridgehead atoms. The van der Waals surface area contributed by atoms with Crippen molar-refractivity contribution in [3.8, 4) is 0 Å². The van der Waals surface area contributed by atoms with Gasteiger partial charge in [0.1, 0.15) is 0 Å². The number of thiophene rings is 1. The molecule has 3 amide bonds. The van der Waals surface area contributed by atoms with Crippen LogP contribution in [0, 0.1) is 6.92 Å². The average Bonchev–Trinajstić information content (AvgIpc) is 2.98. The van der Waals surface area contributed by atoms with Gasteiger partial charge in [0, 0.05) is 10.4 Å². The first kappa shape index (κ1) is 19.7. The van der Waals surface area contributed by atoms with Gasteiger partial charge >= 0.3 is 0 Å². The fourth-order valence-electron chi connectivity index (χ4n) is 2.20. The molecule has 0 spiro atoms. The highest BCUT2D eigenvalue weighted by Crippen LogP contribution is 2.17. The number of anilines is 1. The van der Waals surface area contributed by atoms with E-state index in [1.165, 1.54) is 11.3 Å². The molecular formula is C19H23N3O3S. The maximum Gasteiger partial charge on any atom is 0.261 e. The summed E-state index contributed by atoms with van der Waals surface area (Å²) < 4.78 is 0. The molecule has 26 heavy (non-hydrogen) atoms. The number of hydrogen-bond donors (Lipinski definition) is 3. The minimum Gasteiger partial charge on any atom is -0.347 e. The van der Waals surface area contributed by atoms with Crippen molar-refractivity contribution >= 4 is 34.7 Å². The molecule has 0 fully saturated rings. The quantitative estimate of drug-likeness (QED) is 0.753. The van der Waals surface area contributed by atoms with Gasteiger partial charge in [0.15, 0.2) is 0 Å². The first-order valence-corrected chi connectivity index (χ1v) is 9.03. The largest absolute Gasteiger partial charge is 0.347 e. The van der Waals surface area contributed by atoms with Crippen LogP contribution in [0.5, 0.6) is 0 Å². The summed E-state index contributed by atoms with van der Waals surface area (Å²) in [6.45, 7) is 7.38. The first-order valence-electron chi connectivity index (χ1n) is 8.22. The third-order valence-electron chi connectivity index (χ3n) is 3.31. The van der Waals surface area contributed by atoms with E-state index in [4.69, 9.17) is 0 Å². The highest BCUT2D eigenvalue weighted by Gasteiger charge is 2.19. The van der Waals surface area contributed by atoms with E-state index in [-0.39, 0.29) is 23.9 Å². The fraction of sp³-hybridized carbons (Fsp3) is 0.316. The van der Waals surface area contributed by atoms with Gasteiger partial charge in [0.05, 0.1) is 22.7 Å². The third kappa shape index (κ3) is 5.70. The minimum atomic E-state index is -0.400. The Morgan fingerprint density at radius 2 is 1.69 bits per heavy atom. The zero-order valence-electron chi connectivity index (χ0n) is 15.3. The lowest BCUT2D eigenvalue weighted by molar-refractivity contribution is -0.115. The number of benzene rings is 1. The van der Waals surface area contributed by atoms with Gasteiger partial charge in [0.25, 0.3) is 11.8 Å². The van der Waals surface area contributed by atoms with Crippen LogP contribution in [0.15, 0.2) is 36.4 Å². The number of aryl methyl sites for hydroxylation is 1. The highest BCUT2D eigenvalue weighted by atomic mass is 32.1. The Morgan fingerprint density at radius 3 is 2.31 bits per heavy atom. The Bertz CT molecular complexity index is 821. The van der Waals surface area contributed by atoms with E-state index in [0.717, 1.165) is 4.88 Å². The van der Waals surface area contributed by atoms with Crippen molar-refractivity contribution in [2.24, 2.45) is 0 Å². The smallest absolute Gasteiger partial charge is 0.261 e. The zero-order valence-corrected chi connectivity index (χ0v) is 16.1. The van der Waals surface area contributed by atoms with E-state index < -0.39 is 5.91 Å². The van der Waals surface area contributed by atoms with E-state index in [1.54, 1.807) is 30.3 Å². The fourth-order valence-corrected chi connectivity index (χ4v) is 2.98. The predicted molar refractivity (Wildman–Crippen MR) is 104 cm³/mol. The van der Waals surface area contributed by atoms with E-state index in [9.17, 15) is 14.4 Å². The Labute approximate surface area is 157 Å². The Morgan fingerprint density at radius 1 is 1.00 bits per heavy atom. The van der Waals surface area contributed by atoms with Gasteiger partial charge in [-0.1, -0.05) is 12.1 Å². The first-order chi connectivity index (χ1) is 12.2. The van der Waals surface area contributed by atoms with Crippen LogP contribution in [0.4, 0.5) is 5.69 Å². The molecule has 2 rings (SSSR count). The molecule has 7 heteroatoms. The second kappa shape index (κ2) is 8.14. The van der Waals surface area contributed by atoms with E-state index in [1.807, 2.05) is 33.8 Å². The number of rotatable bonds is 5. The summed E-state index contributed by atoms with van der Waals surface area (Å²) in [6, 6.07) is 10.3. The molecule has 6 nitrogen and oxygen atoms in total. The van der Waals surface area contributed by atoms with Crippen LogP contribution in [-0.2, 0) is 4.79 Å². The molecule has 0 unspecified atom stereocenters. The molecule has 0 radical (unpaired) electrons. The number of carbonyl (C=O) groups is 3. The molecule has 3 N–H and O–H groups in total. The molecule has 2 aromatic rings. The molecule has 0 saturated carbocycles. The Balaban J connectivity index is 1.98. The molecule has 0 aliphatic rings. The SMILES string of the molecule is Cc1ccc(C(=O)NCC(=O)Nc2ccccc2C(=O)NC(C)(C)C)s1. The van der Waals surface area contributed by atoms with E-state index in [2.05, 4.69) is 16.0 Å². The maximum atomic E-state index is 12.4. The van der Waals surface area contributed by atoms with Crippen molar-refractivity contribution in [1.82, 2.24) is 10.6 Å². The van der Waals surface area contributed by atoms with Gasteiger partial charge in [0.2, 0.25) is 5.91 Å². The molecule has 0 saturated heterocycles. The average molecular weight is 373 g/mol. The summed E-state index contributed by atoms with van der Waals surface area (Å²) in [5, 5.41) is 8.12. The van der Waals surface area contributed by atoms with Crippen LogP contribution < -0.4 is 16.0 Å². The maximum absolute atomic E-state index is 12.4. The van der Waals surface area contributed by atoms with Crippen molar-refractivity contribution in [2.45, 2.75) is 33.2 Å². The summed E-state index contributed by atoms with van der Waals surface area (Å²) in [6.07, 6.45) is 0. The second-order valence-electron chi connectivity index (χ2n) is 6.89. The van der Waals surface area contributed by atoms with Crippen LogP contribution in [0.1, 0.15) is 45.7 Å². The van der Waals surface area contributed by atoms with Gasteiger partial charge in [-0.15, -0.1) is 11.3 Å². The van der Waals surface area contributed by atoms with Crippen molar-refractivity contribution in [3.05, 3.63) is 51.7 Å². The summed E-state index contributed by atoms with van der Waals surface area (Å²) in [5.74, 6) is -0.967. The lowest BCUT2D eigenvalue weighted by Gasteiger charge is -2.21. The van der Waals surface area contributed by atoms with E-state index >= 15 is 0 Å². The minimum absolute atomic E-state index is 0.176. The van der Waals surface area contributed by atoms with Crippen molar-refractivity contribution < 1.29 is 14.4 Å². The summed E-state index contributed by atoms with van der Waals surface area (Å²) in [4.78, 5) is 38.1. The van der Waals surface area contributed by atoms with Crippen LogP contribution in [-0.4, -0.2) is 29.8 Å². The summed E-state index contributed by atoms with van der Waals surface area (Å²) in [5.41, 5.74) is 0.387. The van der Waals surface area contributed by atoms with Crippen molar-refractivity contribution in [2.75, 3.05) is 11.9 Å². The van der Waals surface area contributed by atoms with Gasteiger partial charge in [-0.05, 0) is 52.0 Å². The Kier molecular flexibility index (Phi) is 6.15. The molecule has 1 aromatic heterocycles. The lowest BCUT2D eigenvalue weighted by atomic mass is 10.1. The zero-order chi connectivity index (χ0) is 19.3. The monoisotopic (exact) mass is 373 g/mol. The number of amides is 3. The van der Waals surface area contributed by atoms with Gasteiger partial charge in [-0.25, -0.2) is 0 Å². The molecule has 0 aliphatic heterocycles. The molecule has 0 aliphatic carbocycles. The number of carbonyl (C=O) groups excluding carboxylic acids is 3. The molecular weight excluding hydrogens is 350 g/mol. The number of hydrogen-bond acceptors (Lipinski definition) is 4. The predicted octanol–water partition coefficient (Wildman–Crippen LogP) is 2.95. The van der Waals surface area contributed by atoms with Crippen LogP contribution in [0.3, 0.4) is 0 Å². The van der Waals surface area contributed by atoms with E-state index in [0.29, 0.717) is 16.1 Å².